The Labute approximate surface area is 137 Å². The second-order valence-electron chi connectivity index (χ2n) is 5.60. The second-order valence-corrected chi connectivity index (χ2v) is 6.45. The number of fused-ring (bicyclic) bond motifs is 1. The molecule has 1 fully saturated rings. The van der Waals surface area contributed by atoms with Crippen molar-refractivity contribution < 1.29 is 19.4 Å². The Morgan fingerprint density at radius 1 is 1.41 bits per heavy atom. The molecule has 2 aliphatic heterocycles. The van der Waals surface area contributed by atoms with Crippen LogP contribution in [0.15, 0.2) is 16.6 Å². The van der Waals surface area contributed by atoms with Crippen LogP contribution in [0.2, 0.25) is 0 Å². The van der Waals surface area contributed by atoms with Crippen LogP contribution in [0.25, 0.3) is 0 Å². The van der Waals surface area contributed by atoms with Crippen molar-refractivity contribution in [2.75, 3.05) is 19.8 Å². The lowest BCUT2D eigenvalue weighted by molar-refractivity contribution is -0.123. The van der Waals surface area contributed by atoms with E-state index in [0.717, 1.165) is 10.0 Å². The van der Waals surface area contributed by atoms with Crippen LogP contribution >= 0.6 is 15.9 Å². The molecule has 1 aromatic carbocycles. The minimum Gasteiger partial charge on any atom is -0.486 e. The minimum atomic E-state index is -0.452. The van der Waals surface area contributed by atoms with Gasteiger partial charge >= 0.3 is 0 Å². The van der Waals surface area contributed by atoms with Gasteiger partial charge in [0.1, 0.15) is 13.2 Å². The van der Waals surface area contributed by atoms with Gasteiger partial charge in [0.25, 0.3) is 0 Å². The zero-order valence-electron chi connectivity index (χ0n) is 12.3. The Balaban J connectivity index is 1.71. The lowest BCUT2D eigenvalue weighted by Gasteiger charge is -2.23. The Kier molecular flexibility index (Phi) is 4.56. The maximum atomic E-state index is 12.2. The van der Waals surface area contributed by atoms with Crippen molar-refractivity contribution in [3.05, 3.63) is 22.2 Å². The molecular formula is C15H19BrN2O4. The van der Waals surface area contributed by atoms with Crippen molar-refractivity contribution in [3.8, 4) is 11.5 Å². The molecule has 1 amide bonds. The molecule has 7 heteroatoms. The van der Waals surface area contributed by atoms with Crippen molar-refractivity contribution in [2.24, 2.45) is 0 Å². The van der Waals surface area contributed by atoms with Gasteiger partial charge in [-0.2, -0.15) is 0 Å². The van der Waals surface area contributed by atoms with Gasteiger partial charge in [-0.1, -0.05) is 15.9 Å². The zero-order valence-corrected chi connectivity index (χ0v) is 13.9. The number of halogens is 1. The van der Waals surface area contributed by atoms with E-state index in [2.05, 4.69) is 26.6 Å². The third kappa shape index (κ3) is 3.21. The third-order valence-corrected chi connectivity index (χ3v) is 4.60. The molecule has 1 aromatic rings. The molecule has 3 rings (SSSR count). The lowest BCUT2D eigenvalue weighted by atomic mass is 10.1. The highest BCUT2D eigenvalue weighted by molar-refractivity contribution is 9.10. The van der Waals surface area contributed by atoms with E-state index >= 15 is 0 Å². The number of β-amino-alcohol motifs (C(OH)–C–C–N with tert-alkyl or cyclic N) is 1. The standard InChI is InChI=1S/C15H19BrN2O4/c1-8(18-15(20)12-4-9(19)7-17-12)10-5-13-14(6-11(10)16)22-3-2-21-13/h5-6,8-9,12,17,19H,2-4,7H2,1H3,(H,18,20)/t8-,9+,12-/m0/s1. The summed E-state index contributed by atoms with van der Waals surface area (Å²) in [6, 6.07) is 3.23. The van der Waals surface area contributed by atoms with Crippen LogP contribution < -0.4 is 20.1 Å². The summed E-state index contributed by atoms with van der Waals surface area (Å²) >= 11 is 3.52. The number of aliphatic hydroxyl groups excluding tert-OH is 1. The smallest absolute Gasteiger partial charge is 0.237 e. The lowest BCUT2D eigenvalue weighted by Crippen LogP contribution is -2.41. The van der Waals surface area contributed by atoms with Crippen molar-refractivity contribution >= 4 is 21.8 Å². The van der Waals surface area contributed by atoms with E-state index in [-0.39, 0.29) is 18.0 Å². The monoisotopic (exact) mass is 370 g/mol. The number of carbonyl (C=O) groups is 1. The van der Waals surface area contributed by atoms with Gasteiger partial charge in [-0.15, -0.1) is 0 Å². The van der Waals surface area contributed by atoms with E-state index in [4.69, 9.17) is 9.47 Å². The van der Waals surface area contributed by atoms with Crippen LogP contribution in [-0.4, -0.2) is 42.9 Å². The number of hydrogen-bond donors (Lipinski definition) is 3. The highest BCUT2D eigenvalue weighted by Gasteiger charge is 2.29. The van der Waals surface area contributed by atoms with Gasteiger partial charge in [0, 0.05) is 11.0 Å². The molecule has 0 spiro atoms. The van der Waals surface area contributed by atoms with Crippen LogP contribution in [0.4, 0.5) is 0 Å². The normalized spacial score (nSPS) is 24.9. The summed E-state index contributed by atoms with van der Waals surface area (Å²) in [6.07, 6.45) is -0.00647. The highest BCUT2D eigenvalue weighted by Crippen LogP contribution is 2.37. The number of nitrogens with one attached hydrogen (secondary N) is 2. The molecule has 2 heterocycles. The first-order chi connectivity index (χ1) is 10.5. The van der Waals surface area contributed by atoms with Crippen LogP contribution in [0.3, 0.4) is 0 Å². The van der Waals surface area contributed by atoms with E-state index < -0.39 is 6.10 Å². The van der Waals surface area contributed by atoms with Crippen LogP contribution in [0.5, 0.6) is 11.5 Å². The maximum Gasteiger partial charge on any atom is 0.237 e. The van der Waals surface area contributed by atoms with Gasteiger partial charge in [-0.05, 0) is 31.0 Å². The number of hydrogen-bond acceptors (Lipinski definition) is 5. The SMILES string of the molecule is C[C@H](NC(=O)[C@@H]1C[C@@H](O)CN1)c1cc2c(cc1Br)OCCO2. The Morgan fingerprint density at radius 3 is 2.73 bits per heavy atom. The van der Waals surface area contributed by atoms with Crippen LogP contribution in [-0.2, 0) is 4.79 Å². The summed E-state index contributed by atoms with van der Waals surface area (Å²) < 4.78 is 12.0. The molecule has 1 saturated heterocycles. The molecule has 0 radical (unpaired) electrons. The zero-order chi connectivity index (χ0) is 15.7. The summed E-state index contributed by atoms with van der Waals surface area (Å²) in [5, 5.41) is 15.5. The molecule has 6 nitrogen and oxygen atoms in total. The summed E-state index contributed by atoms with van der Waals surface area (Å²) in [6.45, 7) is 3.44. The highest BCUT2D eigenvalue weighted by atomic mass is 79.9. The number of ether oxygens (including phenoxy) is 2. The molecular weight excluding hydrogens is 352 g/mol. The third-order valence-electron chi connectivity index (χ3n) is 3.91. The largest absolute Gasteiger partial charge is 0.486 e. The van der Waals surface area contributed by atoms with Gasteiger partial charge in [-0.3, -0.25) is 4.79 Å². The molecule has 22 heavy (non-hydrogen) atoms. The van der Waals surface area contributed by atoms with E-state index in [1.807, 2.05) is 19.1 Å². The number of benzene rings is 1. The fourth-order valence-electron chi connectivity index (χ4n) is 2.72. The molecule has 0 aliphatic carbocycles. The van der Waals surface area contributed by atoms with Gasteiger partial charge in [0.2, 0.25) is 5.91 Å². The quantitative estimate of drug-likeness (QED) is 0.742. The van der Waals surface area contributed by atoms with E-state index in [9.17, 15) is 9.90 Å². The Morgan fingerprint density at radius 2 is 2.09 bits per heavy atom. The van der Waals surface area contributed by atoms with Gasteiger partial charge in [-0.25, -0.2) is 0 Å². The van der Waals surface area contributed by atoms with Crippen molar-refractivity contribution in [2.45, 2.75) is 31.5 Å². The van der Waals surface area contributed by atoms with Crippen molar-refractivity contribution in [1.82, 2.24) is 10.6 Å². The summed E-state index contributed by atoms with van der Waals surface area (Å²) in [4.78, 5) is 12.2. The first-order valence-corrected chi connectivity index (χ1v) is 8.14. The number of amides is 1. The minimum absolute atomic E-state index is 0.106. The van der Waals surface area contributed by atoms with Crippen molar-refractivity contribution in [3.63, 3.8) is 0 Å². The average molecular weight is 371 g/mol. The molecule has 0 bridgehead atoms. The number of rotatable bonds is 3. The Hall–Kier alpha value is -1.31. The van der Waals surface area contributed by atoms with Gasteiger partial charge in [0.05, 0.1) is 18.2 Å². The van der Waals surface area contributed by atoms with Gasteiger partial charge < -0.3 is 25.2 Å². The predicted octanol–water partition coefficient (Wildman–Crippen LogP) is 1.12. The van der Waals surface area contributed by atoms with Gasteiger partial charge in [0.15, 0.2) is 11.5 Å². The maximum absolute atomic E-state index is 12.2. The van der Waals surface area contributed by atoms with Crippen molar-refractivity contribution in [1.29, 1.82) is 0 Å². The van der Waals surface area contributed by atoms with Crippen LogP contribution in [0, 0.1) is 0 Å². The first kappa shape index (κ1) is 15.6. The fourth-order valence-corrected chi connectivity index (χ4v) is 3.39. The molecule has 0 saturated carbocycles. The van der Waals surface area contributed by atoms with E-state index in [0.29, 0.717) is 37.7 Å². The second kappa shape index (κ2) is 6.44. The van der Waals surface area contributed by atoms with E-state index in [1.165, 1.54) is 0 Å². The molecule has 2 aliphatic rings. The van der Waals surface area contributed by atoms with E-state index in [1.54, 1.807) is 0 Å². The number of aliphatic hydroxyl groups is 1. The summed E-state index contributed by atoms with van der Waals surface area (Å²) in [5.41, 5.74) is 0.927. The number of carbonyl (C=O) groups excluding carboxylic acids is 1. The summed E-state index contributed by atoms with van der Waals surface area (Å²) in [5.74, 6) is 1.30. The summed E-state index contributed by atoms with van der Waals surface area (Å²) in [7, 11) is 0. The molecule has 0 aromatic heterocycles. The Bertz CT molecular complexity index is 581. The molecule has 0 unspecified atom stereocenters. The average Bonchev–Trinajstić information content (AvgIpc) is 2.93. The topological polar surface area (TPSA) is 79.8 Å². The van der Waals surface area contributed by atoms with Crippen LogP contribution in [0.1, 0.15) is 24.9 Å². The molecule has 120 valence electrons. The molecule has 3 N–H and O–H groups in total. The molecule has 3 atom stereocenters. The predicted molar refractivity (Wildman–Crippen MR) is 84.1 cm³/mol. The fraction of sp³-hybridized carbons (Fsp3) is 0.533. The first-order valence-electron chi connectivity index (χ1n) is 7.35.